The average Bonchev–Trinajstić information content (AvgIpc) is 2.53. The van der Waals surface area contributed by atoms with Crippen LogP contribution in [0.1, 0.15) is 18.9 Å². The molecule has 0 radical (unpaired) electrons. The van der Waals surface area contributed by atoms with Gasteiger partial charge in [-0.1, -0.05) is 42.3 Å². The van der Waals surface area contributed by atoms with E-state index in [2.05, 4.69) is 15.4 Å². The van der Waals surface area contributed by atoms with Crippen molar-refractivity contribution < 1.29 is 13.2 Å². The van der Waals surface area contributed by atoms with E-state index in [9.17, 15) is 13.2 Å². The predicted molar refractivity (Wildman–Crippen MR) is 106 cm³/mol. The molecule has 0 aromatic heterocycles. The summed E-state index contributed by atoms with van der Waals surface area (Å²) in [6.45, 7) is 2.01. The fourth-order valence-corrected chi connectivity index (χ4v) is 3.78. The molecular formula is C17H19Cl2N3O3S. The number of anilines is 2. The van der Waals surface area contributed by atoms with E-state index in [-0.39, 0.29) is 12.3 Å². The Bertz CT molecular complexity index is 889. The minimum atomic E-state index is -3.39. The zero-order chi connectivity index (χ0) is 19.2. The second-order valence-electron chi connectivity index (χ2n) is 5.55. The SMILES string of the molecule is CCCS(=O)(=O)Nc1cccc(NC(=O)NCc2ccc(Cl)cc2Cl)c1. The Kier molecular flexibility index (Phi) is 7.14. The van der Waals surface area contributed by atoms with Crippen LogP contribution in [-0.4, -0.2) is 20.2 Å². The maximum atomic E-state index is 12.0. The van der Waals surface area contributed by atoms with E-state index >= 15 is 0 Å². The van der Waals surface area contributed by atoms with Crippen molar-refractivity contribution in [1.29, 1.82) is 0 Å². The van der Waals surface area contributed by atoms with Crippen LogP contribution in [0, 0.1) is 0 Å². The first-order valence-corrected chi connectivity index (χ1v) is 10.3. The van der Waals surface area contributed by atoms with Gasteiger partial charge in [0, 0.05) is 22.3 Å². The minimum absolute atomic E-state index is 0.0347. The van der Waals surface area contributed by atoms with Gasteiger partial charge in [0.2, 0.25) is 10.0 Å². The lowest BCUT2D eigenvalue weighted by Gasteiger charge is -2.11. The number of halogens is 2. The number of hydrogen-bond donors (Lipinski definition) is 3. The smallest absolute Gasteiger partial charge is 0.319 e. The maximum Gasteiger partial charge on any atom is 0.319 e. The van der Waals surface area contributed by atoms with Crippen molar-refractivity contribution in [3.63, 3.8) is 0 Å². The van der Waals surface area contributed by atoms with Crippen LogP contribution in [-0.2, 0) is 16.6 Å². The van der Waals surface area contributed by atoms with Crippen molar-refractivity contribution in [1.82, 2.24) is 5.32 Å². The highest BCUT2D eigenvalue weighted by atomic mass is 35.5. The summed E-state index contributed by atoms with van der Waals surface area (Å²) in [4.78, 5) is 12.0. The Labute approximate surface area is 162 Å². The number of carbonyl (C=O) groups is 1. The van der Waals surface area contributed by atoms with E-state index in [0.717, 1.165) is 5.56 Å². The normalized spacial score (nSPS) is 11.0. The van der Waals surface area contributed by atoms with Crippen LogP contribution >= 0.6 is 23.2 Å². The van der Waals surface area contributed by atoms with Gasteiger partial charge in [0.1, 0.15) is 0 Å². The Morgan fingerprint density at radius 2 is 1.81 bits per heavy atom. The summed E-state index contributed by atoms with van der Waals surface area (Å²) in [6, 6.07) is 11.0. The largest absolute Gasteiger partial charge is 0.334 e. The molecule has 0 atom stereocenters. The third-order valence-electron chi connectivity index (χ3n) is 3.32. The third kappa shape index (κ3) is 6.40. The Morgan fingerprint density at radius 1 is 1.08 bits per heavy atom. The van der Waals surface area contributed by atoms with Gasteiger partial charge in [-0.15, -0.1) is 0 Å². The lowest BCUT2D eigenvalue weighted by molar-refractivity contribution is 0.251. The fraction of sp³-hybridized carbons (Fsp3) is 0.235. The second-order valence-corrected chi connectivity index (χ2v) is 8.23. The summed E-state index contributed by atoms with van der Waals surface area (Å²) >= 11 is 11.9. The molecule has 2 rings (SSSR count). The lowest BCUT2D eigenvalue weighted by atomic mass is 10.2. The van der Waals surface area contributed by atoms with Crippen LogP contribution in [0.2, 0.25) is 10.0 Å². The maximum absolute atomic E-state index is 12.0. The van der Waals surface area contributed by atoms with E-state index < -0.39 is 16.1 Å². The lowest BCUT2D eigenvalue weighted by Crippen LogP contribution is -2.28. The number of sulfonamides is 1. The number of nitrogens with one attached hydrogen (secondary N) is 3. The molecule has 0 heterocycles. The van der Waals surface area contributed by atoms with Gasteiger partial charge in [-0.2, -0.15) is 0 Å². The van der Waals surface area contributed by atoms with Crippen LogP contribution in [0.4, 0.5) is 16.2 Å². The van der Waals surface area contributed by atoms with Crippen LogP contribution < -0.4 is 15.4 Å². The number of urea groups is 1. The molecular weight excluding hydrogens is 397 g/mol. The number of hydrogen-bond acceptors (Lipinski definition) is 3. The van der Waals surface area contributed by atoms with Gasteiger partial charge in [-0.3, -0.25) is 4.72 Å². The van der Waals surface area contributed by atoms with Crippen molar-refractivity contribution in [2.45, 2.75) is 19.9 Å². The molecule has 9 heteroatoms. The molecule has 0 unspecified atom stereocenters. The summed E-state index contributed by atoms with van der Waals surface area (Å²) in [5.74, 6) is 0.0347. The number of rotatable bonds is 7. The molecule has 2 aromatic carbocycles. The number of amides is 2. The zero-order valence-electron chi connectivity index (χ0n) is 14.1. The molecule has 0 bridgehead atoms. The Morgan fingerprint density at radius 3 is 2.50 bits per heavy atom. The zero-order valence-corrected chi connectivity index (χ0v) is 16.4. The first kappa shape index (κ1) is 20.4. The third-order valence-corrected chi connectivity index (χ3v) is 5.40. The molecule has 0 saturated heterocycles. The van der Waals surface area contributed by atoms with Gasteiger partial charge in [-0.25, -0.2) is 13.2 Å². The van der Waals surface area contributed by atoms with E-state index in [1.807, 2.05) is 0 Å². The summed E-state index contributed by atoms with van der Waals surface area (Å²) in [5.41, 5.74) is 1.57. The standard InChI is InChI=1S/C17H19Cl2N3O3S/c1-2-8-26(24,25)22-15-5-3-4-14(10-15)21-17(23)20-11-12-6-7-13(18)9-16(12)19/h3-7,9-10,22H,2,8,11H2,1H3,(H2,20,21,23). The quantitative estimate of drug-likeness (QED) is 0.623. The van der Waals surface area contributed by atoms with Gasteiger partial charge in [0.25, 0.3) is 0 Å². The molecule has 0 aliphatic heterocycles. The van der Waals surface area contributed by atoms with E-state index in [4.69, 9.17) is 23.2 Å². The van der Waals surface area contributed by atoms with Gasteiger partial charge < -0.3 is 10.6 Å². The summed E-state index contributed by atoms with van der Waals surface area (Å²) in [6.07, 6.45) is 0.517. The topological polar surface area (TPSA) is 87.3 Å². The van der Waals surface area contributed by atoms with E-state index in [0.29, 0.717) is 27.8 Å². The van der Waals surface area contributed by atoms with Crippen molar-refractivity contribution in [2.24, 2.45) is 0 Å². The highest BCUT2D eigenvalue weighted by molar-refractivity contribution is 7.92. The number of benzene rings is 2. The van der Waals surface area contributed by atoms with Gasteiger partial charge in [0.05, 0.1) is 11.4 Å². The molecule has 0 saturated carbocycles. The molecule has 0 spiro atoms. The minimum Gasteiger partial charge on any atom is -0.334 e. The van der Waals surface area contributed by atoms with Gasteiger partial charge in [0.15, 0.2) is 0 Å². The highest BCUT2D eigenvalue weighted by Crippen LogP contribution is 2.21. The molecule has 6 nitrogen and oxygen atoms in total. The summed E-state index contributed by atoms with van der Waals surface area (Å²) < 4.78 is 26.1. The van der Waals surface area contributed by atoms with Crippen LogP contribution in [0.5, 0.6) is 0 Å². The molecule has 2 aromatic rings. The van der Waals surface area contributed by atoms with Crippen LogP contribution in [0.15, 0.2) is 42.5 Å². The molecule has 0 aliphatic carbocycles. The van der Waals surface area contributed by atoms with Crippen molar-refractivity contribution in [3.8, 4) is 0 Å². The first-order chi connectivity index (χ1) is 12.3. The van der Waals surface area contributed by atoms with E-state index in [1.165, 1.54) is 0 Å². The summed E-state index contributed by atoms with van der Waals surface area (Å²) in [7, 11) is -3.39. The highest BCUT2D eigenvalue weighted by Gasteiger charge is 2.10. The molecule has 140 valence electrons. The monoisotopic (exact) mass is 415 g/mol. The second kappa shape index (κ2) is 9.12. The molecule has 3 N–H and O–H groups in total. The van der Waals surface area contributed by atoms with Crippen LogP contribution in [0.25, 0.3) is 0 Å². The van der Waals surface area contributed by atoms with Crippen LogP contribution in [0.3, 0.4) is 0 Å². The van der Waals surface area contributed by atoms with Crippen molar-refractivity contribution in [2.75, 3.05) is 15.8 Å². The first-order valence-electron chi connectivity index (χ1n) is 7.88. The predicted octanol–water partition coefficient (Wildman–Crippen LogP) is 4.47. The molecule has 0 aliphatic rings. The van der Waals surface area contributed by atoms with Crippen molar-refractivity contribution in [3.05, 3.63) is 58.1 Å². The van der Waals surface area contributed by atoms with E-state index in [1.54, 1.807) is 49.4 Å². The molecule has 0 fully saturated rings. The average molecular weight is 416 g/mol. The van der Waals surface area contributed by atoms with Gasteiger partial charge >= 0.3 is 6.03 Å². The van der Waals surface area contributed by atoms with Crippen molar-refractivity contribution >= 4 is 50.6 Å². The van der Waals surface area contributed by atoms with Gasteiger partial charge in [-0.05, 0) is 42.3 Å². The Hall–Kier alpha value is -1.96. The summed E-state index contributed by atoms with van der Waals surface area (Å²) in [5, 5.41) is 6.31. The molecule has 26 heavy (non-hydrogen) atoms. The number of carbonyl (C=O) groups excluding carboxylic acids is 1. The fourth-order valence-electron chi connectivity index (χ4n) is 2.18. The Balaban J connectivity index is 1.95. The molecule has 2 amide bonds.